The maximum atomic E-state index is 4.96. The Bertz CT molecular complexity index is 494. The fraction of sp³-hybridized carbons (Fsp3) is 0.714. The lowest BCUT2D eigenvalue weighted by Gasteiger charge is -2.27. The number of hydrogen-bond acceptors (Lipinski definition) is 5. The van der Waals surface area contributed by atoms with Crippen molar-refractivity contribution < 1.29 is 0 Å². The van der Waals surface area contributed by atoms with Crippen LogP contribution in [0.4, 0.5) is 5.82 Å². The standard InChI is InChI=1S/C14H20IN3S2/c1-3-16-13-10(15)11(9-4-5-9)17-14(18-13)12-8(2)19-6-7-20-12/h8-9,12H,3-7H2,1-2H3,(H,16,17,18). The van der Waals surface area contributed by atoms with Crippen LogP contribution >= 0.6 is 46.1 Å². The van der Waals surface area contributed by atoms with Crippen LogP contribution in [0.2, 0.25) is 0 Å². The summed E-state index contributed by atoms with van der Waals surface area (Å²) < 4.78 is 1.23. The number of nitrogens with zero attached hydrogens (tertiary/aromatic N) is 2. The molecular weight excluding hydrogens is 401 g/mol. The molecule has 2 atom stereocenters. The normalized spacial score (nSPS) is 26.6. The van der Waals surface area contributed by atoms with E-state index in [2.05, 4.69) is 53.5 Å². The van der Waals surface area contributed by atoms with Crippen LogP contribution < -0.4 is 5.32 Å². The van der Waals surface area contributed by atoms with E-state index in [4.69, 9.17) is 9.97 Å². The third-order valence-corrected chi connectivity index (χ3v) is 7.79. The van der Waals surface area contributed by atoms with E-state index in [1.807, 2.05) is 11.8 Å². The van der Waals surface area contributed by atoms with Gasteiger partial charge in [0.25, 0.3) is 0 Å². The van der Waals surface area contributed by atoms with Crippen LogP contribution in [-0.4, -0.2) is 33.3 Å². The van der Waals surface area contributed by atoms with E-state index in [9.17, 15) is 0 Å². The minimum atomic E-state index is 0.445. The molecule has 110 valence electrons. The molecule has 2 heterocycles. The molecule has 1 aliphatic carbocycles. The van der Waals surface area contributed by atoms with Gasteiger partial charge in [0.1, 0.15) is 11.6 Å². The van der Waals surface area contributed by atoms with Crippen molar-refractivity contribution >= 4 is 51.9 Å². The molecule has 1 aliphatic heterocycles. The Kier molecular flexibility index (Phi) is 5.02. The topological polar surface area (TPSA) is 37.8 Å². The summed E-state index contributed by atoms with van der Waals surface area (Å²) in [5.74, 6) is 5.24. The van der Waals surface area contributed by atoms with Gasteiger partial charge in [-0.05, 0) is 42.4 Å². The third kappa shape index (κ3) is 3.21. The molecule has 0 spiro atoms. The van der Waals surface area contributed by atoms with Crippen LogP contribution in [0.15, 0.2) is 0 Å². The van der Waals surface area contributed by atoms with E-state index in [-0.39, 0.29) is 0 Å². The average Bonchev–Trinajstić information content (AvgIpc) is 3.26. The van der Waals surface area contributed by atoms with Crippen LogP contribution in [0.1, 0.15) is 49.4 Å². The molecule has 2 unspecified atom stereocenters. The Morgan fingerprint density at radius 3 is 2.65 bits per heavy atom. The second kappa shape index (κ2) is 6.60. The van der Waals surface area contributed by atoms with Gasteiger partial charge in [-0.15, -0.1) is 11.8 Å². The zero-order valence-electron chi connectivity index (χ0n) is 11.9. The van der Waals surface area contributed by atoms with E-state index in [1.54, 1.807) is 0 Å². The van der Waals surface area contributed by atoms with Gasteiger partial charge in [0.2, 0.25) is 0 Å². The maximum absolute atomic E-state index is 4.96. The number of halogens is 1. The first-order valence-corrected chi connectivity index (χ1v) is 10.4. The Morgan fingerprint density at radius 2 is 2.00 bits per heavy atom. The van der Waals surface area contributed by atoms with E-state index in [1.165, 1.54) is 33.6 Å². The van der Waals surface area contributed by atoms with Gasteiger partial charge >= 0.3 is 0 Å². The quantitative estimate of drug-likeness (QED) is 0.734. The molecule has 3 rings (SSSR count). The minimum Gasteiger partial charge on any atom is -0.369 e. The molecule has 1 N–H and O–H groups in total. The van der Waals surface area contributed by atoms with Gasteiger partial charge in [-0.1, -0.05) is 6.92 Å². The van der Waals surface area contributed by atoms with Gasteiger partial charge in [0, 0.05) is 29.2 Å². The monoisotopic (exact) mass is 421 g/mol. The molecule has 1 aromatic rings. The highest BCUT2D eigenvalue weighted by Crippen LogP contribution is 2.45. The van der Waals surface area contributed by atoms with Crippen molar-refractivity contribution in [2.24, 2.45) is 0 Å². The number of aromatic nitrogens is 2. The van der Waals surface area contributed by atoms with Crippen molar-refractivity contribution in [2.45, 2.75) is 43.1 Å². The van der Waals surface area contributed by atoms with Crippen molar-refractivity contribution in [1.82, 2.24) is 9.97 Å². The number of rotatable bonds is 4. The molecule has 6 heteroatoms. The summed E-state index contributed by atoms with van der Waals surface area (Å²) in [4.78, 5) is 9.80. The van der Waals surface area contributed by atoms with Gasteiger partial charge in [0.05, 0.1) is 14.5 Å². The zero-order valence-corrected chi connectivity index (χ0v) is 15.6. The minimum absolute atomic E-state index is 0.445. The van der Waals surface area contributed by atoms with Gasteiger partial charge in [-0.25, -0.2) is 9.97 Å². The summed E-state index contributed by atoms with van der Waals surface area (Å²) >= 11 is 6.49. The smallest absolute Gasteiger partial charge is 0.145 e. The van der Waals surface area contributed by atoms with Gasteiger partial charge in [-0.3, -0.25) is 0 Å². The number of anilines is 1. The van der Waals surface area contributed by atoms with Crippen molar-refractivity contribution in [3.05, 3.63) is 15.1 Å². The summed E-state index contributed by atoms with van der Waals surface area (Å²) in [5.41, 5.74) is 1.29. The lowest BCUT2D eigenvalue weighted by molar-refractivity contribution is 0.798. The molecular formula is C14H20IN3S2. The highest BCUT2D eigenvalue weighted by molar-refractivity contribution is 14.1. The molecule has 2 aliphatic rings. The molecule has 3 nitrogen and oxygen atoms in total. The summed E-state index contributed by atoms with van der Waals surface area (Å²) in [6, 6.07) is 0. The van der Waals surface area contributed by atoms with Crippen LogP contribution in [0.25, 0.3) is 0 Å². The van der Waals surface area contributed by atoms with E-state index >= 15 is 0 Å². The highest BCUT2D eigenvalue weighted by Gasteiger charge is 2.32. The Labute approximate surface area is 143 Å². The number of nitrogens with one attached hydrogen (secondary N) is 1. The van der Waals surface area contributed by atoms with E-state index in [0.717, 1.165) is 18.2 Å². The average molecular weight is 421 g/mol. The summed E-state index contributed by atoms with van der Waals surface area (Å²) in [6.07, 6.45) is 2.58. The molecule has 1 saturated heterocycles. The van der Waals surface area contributed by atoms with Crippen LogP contribution in [-0.2, 0) is 0 Å². The predicted molar refractivity (Wildman–Crippen MR) is 98.0 cm³/mol. The molecule has 0 radical (unpaired) electrons. The molecule has 0 amide bonds. The summed E-state index contributed by atoms with van der Waals surface area (Å²) in [6.45, 7) is 5.35. The third-order valence-electron chi connectivity index (χ3n) is 3.64. The van der Waals surface area contributed by atoms with Gasteiger partial charge in [0.15, 0.2) is 0 Å². The lowest BCUT2D eigenvalue weighted by Crippen LogP contribution is -2.20. The van der Waals surface area contributed by atoms with E-state index < -0.39 is 0 Å². The molecule has 2 fully saturated rings. The molecule has 0 bridgehead atoms. The molecule has 20 heavy (non-hydrogen) atoms. The Hall–Kier alpha value is 0.310. The summed E-state index contributed by atoms with van der Waals surface area (Å²) in [7, 11) is 0. The fourth-order valence-corrected chi connectivity index (χ4v) is 6.00. The fourth-order valence-electron chi connectivity index (χ4n) is 2.44. The molecule has 1 saturated carbocycles. The van der Waals surface area contributed by atoms with Crippen LogP contribution in [0.3, 0.4) is 0 Å². The SMILES string of the molecule is CCNc1nc(C2SCCSC2C)nc(C2CC2)c1I. The zero-order chi connectivity index (χ0) is 14.1. The predicted octanol–water partition coefficient (Wildman–Crippen LogP) is 4.30. The Balaban J connectivity index is 1.96. The number of hydrogen-bond donors (Lipinski definition) is 1. The molecule has 1 aromatic heterocycles. The first-order chi connectivity index (χ1) is 9.70. The second-order valence-corrected chi connectivity index (χ2v) is 9.11. The van der Waals surface area contributed by atoms with Gasteiger partial charge < -0.3 is 5.32 Å². The number of thioether (sulfide) groups is 2. The van der Waals surface area contributed by atoms with Crippen LogP contribution in [0.5, 0.6) is 0 Å². The van der Waals surface area contributed by atoms with Gasteiger partial charge in [-0.2, -0.15) is 11.8 Å². The highest BCUT2D eigenvalue weighted by atomic mass is 127. The summed E-state index contributed by atoms with van der Waals surface area (Å²) in [5, 5.41) is 4.47. The second-order valence-electron chi connectivity index (χ2n) is 5.30. The largest absolute Gasteiger partial charge is 0.369 e. The van der Waals surface area contributed by atoms with Crippen molar-refractivity contribution in [2.75, 3.05) is 23.4 Å². The first kappa shape index (κ1) is 15.2. The Morgan fingerprint density at radius 1 is 1.25 bits per heavy atom. The molecule has 0 aromatic carbocycles. The van der Waals surface area contributed by atoms with Crippen LogP contribution in [0, 0.1) is 3.57 Å². The van der Waals surface area contributed by atoms with Crippen molar-refractivity contribution in [3.8, 4) is 0 Å². The van der Waals surface area contributed by atoms with Crippen molar-refractivity contribution in [3.63, 3.8) is 0 Å². The first-order valence-electron chi connectivity index (χ1n) is 7.25. The maximum Gasteiger partial charge on any atom is 0.145 e. The van der Waals surface area contributed by atoms with E-state index in [0.29, 0.717) is 16.4 Å². The lowest BCUT2D eigenvalue weighted by atomic mass is 10.2. The van der Waals surface area contributed by atoms with Crippen molar-refractivity contribution in [1.29, 1.82) is 0 Å².